The molecule has 1 saturated heterocycles. The maximum atomic E-state index is 11.5. The minimum absolute atomic E-state index is 0.248. The van der Waals surface area contributed by atoms with E-state index < -0.39 is 18.2 Å². The van der Waals surface area contributed by atoms with E-state index in [2.05, 4.69) is 17.2 Å². The molecular weight excluding hydrogens is 210 g/mol. The maximum absolute atomic E-state index is 11.5. The number of ether oxygens (including phenoxy) is 1. The van der Waals surface area contributed by atoms with Gasteiger partial charge in [0.15, 0.2) is 6.10 Å². The Morgan fingerprint density at radius 1 is 1.44 bits per heavy atom. The van der Waals surface area contributed by atoms with Crippen LogP contribution in [0.25, 0.3) is 0 Å². The lowest BCUT2D eigenvalue weighted by atomic mass is 10.2. The second kappa shape index (κ2) is 6.13. The largest absolute Gasteiger partial charge is 0.479 e. The molecule has 16 heavy (non-hydrogen) atoms. The Labute approximate surface area is 94.2 Å². The molecule has 0 unspecified atom stereocenters. The quantitative estimate of drug-likeness (QED) is 0.527. The Kier molecular flexibility index (Phi) is 4.80. The van der Waals surface area contributed by atoms with Crippen molar-refractivity contribution in [2.24, 2.45) is 0 Å². The number of carboxylic acid groups (broad SMARTS) is 1. The van der Waals surface area contributed by atoms with Crippen LogP contribution in [0.4, 0.5) is 0 Å². The SMILES string of the molecule is CC#CCCNC(=O)[C@@H]1CC[C@H](C(=O)O)O1. The summed E-state index contributed by atoms with van der Waals surface area (Å²) in [4.78, 5) is 22.1. The molecule has 1 rings (SSSR count). The van der Waals surface area contributed by atoms with Gasteiger partial charge in [-0.1, -0.05) is 0 Å². The van der Waals surface area contributed by atoms with E-state index in [-0.39, 0.29) is 5.91 Å². The molecular formula is C11H15NO4. The molecule has 88 valence electrons. The number of rotatable bonds is 4. The van der Waals surface area contributed by atoms with Gasteiger partial charge in [0.1, 0.15) is 6.10 Å². The molecule has 1 amide bonds. The normalized spacial score (nSPS) is 23.3. The van der Waals surface area contributed by atoms with Crippen LogP contribution in [0.1, 0.15) is 26.2 Å². The summed E-state index contributed by atoms with van der Waals surface area (Å²) in [5.74, 6) is 4.29. The first-order valence-corrected chi connectivity index (χ1v) is 5.20. The van der Waals surface area contributed by atoms with E-state index in [1.54, 1.807) is 6.92 Å². The molecule has 0 aromatic rings. The Hall–Kier alpha value is -1.54. The van der Waals surface area contributed by atoms with Crippen molar-refractivity contribution in [3.8, 4) is 11.8 Å². The summed E-state index contributed by atoms with van der Waals surface area (Å²) in [6.45, 7) is 2.20. The molecule has 0 radical (unpaired) electrons. The van der Waals surface area contributed by atoms with Gasteiger partial charge in [-0.25, -0.2) is 4.79 Å². The van der Waals surface area contributed by atoms with Crippen molar-refractivity contribution in [3.63, 3.8) is 0 Å². The monoisotopic (exact) mass is 225 g/mol. The van der Waals surface area contributed by atoms with Crippen LogP contribution in [-0.4, -0.2) is 35.7 Å². The zero-order valence-corrected chi connectivity index (χ0v) is 9.16. The third-order valence-corrected chi connectivity index (χ3v) is 2.31. The van der Waals surface area contributed by atoms with Crippen molar-refractivity contribution >= 4 is 11.9 Å². The van der Waals surface area contributed by atoms with Gasteiger partial charge in [0.05, 0.1) is 0 Å². The van der Waals surface area contributed by atoms with E-state index in [4.69, 9.17) is 9.84 Å². The average molecular weight is 225 g/mol. The lowest BCUT2D eigenvalue weighted by molar-refractivity contribution is -0.151. The van der Waals surface area contributed by atoms with Crippen molar-refractivity contribution in [2.45, 2.75) is 38.4 Å². The third-order valence-electron chi connectivity index (χ3n) is 2.31. The van der Waals surface area contributed by atoms with Crippen molar-refractivity contribution in [2.75, 3.05) is 6.54 Å². The van der Waals surface area contributed by atoms with Crippen LogP contribution in [0.3, 0.4) is 0 Å². The fourth-order valence-corrected chi connectivity index (χ4v) is 1.50. The van der Waals surface area contributed by atoms with Crippen LogP contribution in [0.2, 0.25) is 0 Å². The van der Waals surface area contributed by atoms with Crippen molar-refractivity contribution in [1.29, 1.82) is 0 Å². The van der Waals surface area contributed by atoms with Gasteiger partial charge in [0.25, 0.3) is 0 Å². The van der Waals surface area contributed by atoms with Gasteiger partial charge in [0, 0.05) is 13.0 Å². The molecule has 2 atom stereocenters. The van der Waals surface area contributed by atoms with Gasteiger partial charge < -0.3 is 15.2 Å². The first kappa shape index (κ1) is 12.5. The van der Waals surface area contributed by atoms with Crippen LogP contribution in [0.5, 0.6) is 0 Å². The number of hydrogen-bond donors (Lipinski definition) is 2. The average Bonchev–Trinajstić information content (AvgIpc) is 2.73. The zero-order valence-electron chi connectivity index (χ0n) is 9.16. The Balaban J connectivity index is 2.27. The van der Waals surface area contributed by atoms with E-state index >= 15 is 0 Å². The number of aliphatic carboxylic acids is 1. The summed E-state index contributed by atoms with van der Waals surface area (Å²) >= 11 is 0. The minimum Gasteiger partial charge on any atom is -0.479 e. The second-order valence-corrected chi connectivity index (χ2v) is 3.50. The first-order valence-electron chi connectivity index (χ1n) is 5.20. The fraction of sp³-hybridized carbons (Fsp3) is 0.636. The number of carbonyl (C=O) groups excluding carboxylic acids is 1. The summed E-state index contributed by atoms with van der Waals surface area (Å²) in [5.41, 5.74) is 0. The number of hydrogen-bond acceptors (Lipinski definition) is 3. The zero-order chi connectivity index (χ0) is 12.0. The highest BCUT2D eigenvalue weighted by molar-refractivity contribution is 5.82. The Morgan fingerprint density at radius 3 is 2.69 bits per heavy atom. The van der Waals surface area contributed by atoms with Crippen LogP contribution >= 0.6 is 0 Å². The second-order valence-electron chi connectivity index (χ2n) is 3.50. The topological polar surface area (TPSA) is 75.6 Å². The molecule has 0 aromatic heterocycles. The summed E-state index contributed by atoms with van der Waals surface area (Å²) in [5, 5.41) is 11.3. The standard InChI is InChI=1S/C11H15NO4/c1-2-3-4-7-12-10(13)8-5-6-9(16-8)11(14)15/h8-9H,4-7H2,1H3,(H,12,13)(H,14,15)/t8-,9+/m0/s1. The maximum Gasteiger partial charge on any atom is 0.332 e. The van der Waals surface area contributed by atoms with Crippen molar-refractivity contribution in [3.05, 3.63) is 0 Å². The number of amides is 1. The summed E-state index contributed by atoms with van der Waals surface area (Å²) in [6, 6.07) is 0. The van der Waals surface area contributed by atoms with Crippen LogP contribution in [0.15, 0.2) is 0 Å². The van der Waals surface area contributed by atoms with Gasteiger partial charge in [-0.15, -0.1) is 11.8 Å². The molecule has 0 aliphatic carbocycles. The lowest BCUT2D eigenvalue weighted by Gasteiger charge is -2.10. The number of carbonyl (C=O) groups is 2. The van der Waals surface area contributed by atoms with Gasteiger partial charge in [-0.05, 0) is 19.8 Å². The highest BCUT2D eigenvalue weighted by atomic mass is 16.5. The van der Waals surface area contributed by atoms with Gasteiger partial charge in [-0.3, -0.25) is 4.79 Å². The predicted molar refractivity (Wildman–Crippen MR) is 56.6 cm³/mol. The van der Waals surface area contributed by atoms with Crippen molar-refractivity contribution < 1.29 is 19.4 Å². The van der Waals surface area contributed by atoms with Crippen LogP contribution in [-0.2, 0) is 14.3 Å². The molecule has 0 aromatic carbocycles. The van der Waals surface area contributed by atoms with Crippen molar-refractivity contribution in [1.82, 2.24) is 5.32 Å². The number of nitrogens with one attached hydrogen (secondary N) is 1. The molecule has 0 spiro atoms. The first-order chi connectivity index (χ1) is 7.65. The molecule has 5 nitrogen and oxygen atoms in total. The van der Waals surface area contributed by atoms with E-state index in [1.165, 1.54) is 0 Å². The molecule has 1 aliphatic rings. The van der Waals surface area contributed by atoms with Crippen LogP contribution in [0, 0.1) is 11.8 Å². The molecule has 1 fully saturated rings. The lowest BCUT2D eigenvalue weighted by Crippen LogP contribution is -2.36. The third kappa shape index (κ3) is 3.55. The molecule has 5 heteroatoms. The highest BCUT2D eigenvalue weighted by Crippen LogP contribution is 2.19. The van der Waals surface area contributed by atoms with E-state index in [0.717, 1.165) is 0 Å². The summed E-state index contributed by atoms with van der Waals surface area (Å²) in [7, 11) is 0. The Morgan fingerprint density at radius 2 is 2.12 bits per heavy atom. The molecule has 1 aliphatic heterocycles. The predicted octanol–water partition coefficient (Wildman–Crippen LogP) is 0.148. The highest BCUT2D eigenvalue weighted by Gasteiger charge is 2.34. The van der Waals surface area contributed by atoms with E-state index in [9.17, 15) is 9.59 Å². The van der Waals surface area contributed by atoms with Crippen LogP contribution < -0.4 is 5.32 Å². The fourth-order valence-electron chi connectivity index (χ4n) is 1.50. The molecule has 1 heterocycles. The number of carboxylic acids is 1. The summed E-state index contributed by atoms with van der Waals surface area (Å²) < 4.78 is 5.09. The van der Waals surface area contributed by atoms with Gasteiger partial charge >= 0.3 is 5.97 Å². The van der Waals surface area contributed by atoms with Gasteiger partial charge in [0.2, 0.25) is 5.91 Å². The molecule has 0 saturated carbocycles. The van der Waals surface area contributed by atoms with E-state index in [0.29, 0.717) is 25.8 Å². The minimum atomic E-state index is -1.01. The van der Waals surface area contributed by atoms with E-state index in [1.807, 2.05) is 0 Å². The molecule has 2 N–H and O–H groups in total. The smallest absolute Gasteiger partial charge is 0.332 e. The Bertz CT molecular complexity index is 329. The molecule has 0 bridgehead atoms. The van der Waals surface area contributed by atoms with Gasteiger partial charge in [-0.2, -0.15) is 0 Å². The summed E-state index contributed by atoms with van der Waals surface area (Å²) in [6.07, 6.45) is -0.0243.